The molecule has 0 aliphatic carbocycles. The van der Waals surface area contributed by atoms with Gasteiger partial charge in [0.15, 0.2) is 0 Å². The van der Waals surface area contributed by atoms with Gasteiger partial charge in [0.2, 0.25) is 10.0 Å². The molecule has 1 aromatic carbocycles. The summed E-state index contributed by atoms with van der Waals surface area (Å²) in [6, 6.07) is 9.33. The van der Waals surface area contributed by atoms with Crippen molar-refractivity contribution in [1.29, 1.82) is 0 Å². The molecular formula is C17H19N3O4S. The normalized spacial score (nSPS) is 17.4. The molecule has 2 heterocycles. The van der Waals surface area contributed by atoms with Crippen molar-refractivity contribution in [3.8, 4) is 0 Å². The first-order valence-corrected chi connectivity index (χ1v) is 9.46. The minimum absolute atomic E-state index is 0.0622. The molecule has 8 heteroatoms. The van der Waals surface area contributed by atoms with Gasteiger partial charge in [0.25, 0.3) is 5.91 Å². The van der Waals surface area contributed by atoms with Crippen LogP contribution in [0, 0.1) is 0 Å². The number of sulfonamides is 1. The number of carbonyl (C=O) groups is 1. The molecular weight excluding hydrogens is 342 g/mol. The molecule has 0 bridgehead atoms. The number of hydrogen-bond donors (Lipinski definition) is 2. The second-order valence-electron chi connectivity index (χ2n) is 5.71. The first kappa shape index (κ1) is 17.5. The monoisotopic (exact) mass is 361 g/mol. The zero-order valence-corrected chi connectivity index (χ0v) is 14.3. The molecule has 0 spiro atoms. The molecule has 1 aliphatic rings. The van der Waals surface area contributed by atoms with E-state index in [0.717, 1.165) is 12.8 Å². The van der Waals surface area contributed by atoms with E-state index in [-0.39, 0.29) is 23.5 Å². The SMILES string of the molecule is O=C(Nc1ccc(S(=O)(=O)NCC2CCCO2)cc1)c1cccnc1. The highest BCUT2D eigenvalue weighted by Crippen LogP contribution is 2.16. The van der Waals surface area contributed by atoms with Crippen molar-refractivity contribution in [2.24, 2.45) is 0 Å². The third-order valence-corrected chi connectivity index (χ3v) is 5.31. The number of amides is 1. The number of nitrogens with one attached hydrogen (secondary N) is 2. The molecule has 2 N–H and O–H groups in total. The number of carbonyl (C=O) groups excluding carboxylic acids is 1. The van der Waals surface area contributed by atoms with Gasteiger partial charge in [0.05, 0.1) is 16.6 Å². The lowest BCUT2D eigenvalue weighted by Gasteiger charge is -2.12. The molecule has 7 nitrogen and oxygen atoms in total. The van der Waals surface area contributed by atoms with Crippen LogP contribution in [0.15, 0.2) is 53.7 Å². The molecule has 2 aromatic rings. The van der Waals surface area contributed by atoms with Crippen LogP contribution in [0.1, 0.15) is 23.2 Å². The predicted octanol–water partition coefficient (Wildman–Crippen LogP) is 1.79. The van der Waals surface area contributed by atoms with E-state index in [2.05, 4.69) is 15.0 Å². The van der Waals surface area contributed by atoms with E-state index in [1.54, 1.807) is 30.5 Å². The van der Waals surface area contributed by atoms with Crippen molar-refractivity contribution >= 4 is 21.6 Å². The summed E-state index contributed by atoms with van der Waals surface area (Å²) in [6.45, 7) is 0.944. The van der Waals surface area contributed by atoms with E-state index in [1.807, 2.05) is 0 Å². The Balaban J connectivity index is 1.62. The van der Waals surface area contributed by atoms with Gasteiger partial charge in [-0.05, 0) is 49.2 Å². The number of benzene rings is 1. The van der Waals surface area contributed by atoms with Crippen molar-refractivity contribution in [1.82, 2.24) is 9.71 Å². The van der Waals surface area contributed by atoms with Gasteiger partial charge in [-0.2, -0.15) is 0 Å². The van der Waals surface area contributed by atoms with Gasteiger partial charge in [-0.1, -0.05) is 0 Å². The molecule has 25 heavy (non-hydrogen) atoms. The Morgan fingerprint density at radius 3 is 2.68 bits per heavy atom. The number of ether oxygens (including phenoxy) is 1. The van der Waals surface area contributed by atoms with Crippen molar-refractivity contribution in [2.45, 2.75) is 23.8 Å². The molecule has 1 amide bonds. The van der Waals surface area contributed by atoms with Crippen LogP contribution in [0.3, 0.4) is 0 Å². The van der Waals surface area contributed by atoms with Crippen LogP contribution >= 0.6 is 0 Å². The highest BCUT2D eigenvalue weighted by Gasteiger charge is 2.20. The Kier molecular flexibility index (Phi) is 5.42. The standard InChI is InChI=1S/C17H19N3O4S/c21-17(13-3-1-9-18-11-13)20-14-5-7-16(8-6-14)25(22,23)19-12-15-4-2-10-24-15/h1,3,5-9,11,15,19H,2,4,10,12H2,(H,20,21). The maximum Gasteiger partial charge on any atom is 0.257 e. The van der Waals surface area contributed by atoms with E-state index >= 15 is 0 Å². The van der Waals surface area contributed by atoms with Crippen LogP contribution in [0.2, 0.25) is 0 Å². The number of anilines is 1. The van der Waals surface area contributed by atoms with Crippen LogP contribution < -0.4 is 10.0 Å². The Morgan fingerprint density at radius 1 is 1.24 bits per heavy atom. The lowest BCUT2D eigenvalue weighted by molar-refractivity contribution is 0.102. The van der Waals surface area contributed by atoms with Crippen LogP contribution in [0.5, 0.6) is 0 Å². The summed E-state index contributed by atoms with van der Waals surface area (Å²) in [4.78, 5) is 16.1. The average molecular weight is 361 g/mol. The molecule has 1 fully saturated rings. The first-order valence-electron chi connectivity index (χ1n) is 7.97. The van der Waals surface area contributed by atoms with Gasteiger partial charge >= 0.3 is 0 Å². The summed E-state index contributed by atoms with van der Waals surface area (Å²) in [6.07, 6.45) is 4.80. The van der Waals surface area contributed by atoms with Gasteiger partial charge in [0, 0.05) is 31.2 Å². The van der Waals surface area contributed by atoms with Gasteiger partial charge in [-0.15, -0.1) is 0 Å². The van der Waals surface area contributed by atoms with Gasteiger partial charge in [-0.3, -0.25) is 9.78 Å². The number of nitrogens with zero attached hydrogens (tertiary/aromatic N) is 1. The molecule has 1 aromatic heterocycles. The summed E-state index contributed by atoms with van der Waals surface area (Å²) in [5.41, 5.74) is 0.935. The second-order valence-corrected chi connectivity index (χ2v) is 7.47. The summed E-state index contributed by atoms with van der Waals surface area (Å²) in [7, 11) is -3.60. The predicted molar refractivity (Wildman–Crippen MR) is 92.8 cm³/mol. The fourth-order valence-corrected chi connectivity index (χ4v) is 3.58. The molecule has 1 aliphatic heterocycles. The number of aromatic nitrogens is 1. The minimum atomic E-state index is -3.60. The van der Waals surface area contributed by atoms with E-state index in [9.17, 15) is 13.2 Å². The van der Waals surface area contributed by atoms with Gasteiger partial charge < -0.3 is 10.1 Å². The number of hydrogen-bond acceptors (Lipinski definition) is 5. The third kappa shape index (κ3) is 4.62. The second kappa shape index (κ2) is 7.73. The van der Waals surface area contributed by atoms with Crippen molar-refractivity contribution < 1.29 is 17.9 Å². The topological polar surface area (TPSA) is 97.4 Å². The summed E-state index contributed by atoms with van der Waals surface area (Å²) in [5.74, 6) is -0.305. The maximum atomic E-state index is 12.3. The Hall–Kier alpha value is -2.29. The van der Waals surface area contributed by atoms with E-state index in [0.29, 0.717) is 17.9 Å². The first-order chi connectivity index (χ1) is 12.0. The van der Waals surface area contributed by atoms with Crippen LogP contribution in [-0.2, 0) is 14.8 Å². The summed E-state index contributed by atoms with van der Waals surface area (Å²) < 4.78 is 32.5. The Morgan fingerprint density at radius 2 is 2.04 bits per heavy atom. The fraction of sp³-hybridized carbons (Fsp3) is 0.294. The summed E-state index contributed by atoms with van der Waals surface area (Å²) >= 11 is 0. The smallest absolute Gasteiger partial charge is 0.257 e. The fourth-order valence-electron chi connectivity index (χ4n) is 2.51. The van der Waals surface area contributed by atoms with E-state index in [1.165, 1.54) is 18.3 Å². The zero-order chi connectivity index (χ0) is 17.7. The lowest BCUT2D eigenvalue weighted by Crippen LogP contribution is -2.31. The Labute approximate surface area is 146 Å². The molecule has 0 radical (unpaired) electrons. The van der Waals surface area contributed by atoms with E-state index < -0.39 is 10.0 Å². The van der Waals surface area contributed by atoms with Crippen molar-refractivity contribution in [3.63, 3.8) is 0 Å². The van der Waals surface area contributed by atoms with Gasteiger partial charge in [0.1, 0.15) is 0 Å². The number of pyridine rings is 1. The van der Waals surface area contributed by atoms with Crippen molar-refractivity contribution in [2.75, 3.05) is 18.5 Å². The molecule has 0 saturated carbocycles. The number of rotatable bonds is 6. The van der Waals surface area contributed by atoms with Crippen LogP contribution in [-0.4, -0.2) is 38.6 Å². The highest BCUT2D eigenvalue weighted by atomic mass is 32.2. The molecule has 1 saturated heterocycles. The summed E-state index contributed by atoms with van der Waals surface area (Å²) in [5, 5.41) is 2.70. The van der Waals surface area contributed by atoms with Gasteiger partial charge in [-0.25, -0.2) is 13.1 Å². The molecule has 1 atom stereocenters. The largest absolute Gasteiger partial charge is 0.377 e. The van der Waals surface area contributed by atoms with Crippen LogP contribution in [0.4, 0.5) is 5.69 Å². The average Bonchev–Trinajstić information content (AvgIpc) is 3.15. The van der Waals surface area contributed by atoms with Crippen LogP contribution in [0.25, 0.3) is 0 Å². The quantitative estimate of drug-likeness (QED) is 0.817. The zero-order valence-electron chi connectivity index (χ0n) is 13.5. The maximum absolute atomic E-state index is 12.3. The molecule has 132 valence electrons. The highest BCUT2D eigenvalue weighted by molar-refractivity contribution is 7.89. The third-order valence-electron chi connectivity index (χ3n) is 3.87. The van der Waals surface area contributed by atoms with Crippen molar-refractivity contribution in [3.05, 3.63) is 54.4 Å². The Bertz CT molecular complexity index is 817. The molecule has 3 rings (SSSR count). The van der Waals surface area contributed by atoms with E-state index in [4.69, 9.17) is 4.74 Å². The minimum Gasteiger partial charge on any atom is -0.377 e. The lowest BCUT2D eigenvalue weighted by atomic mass is 10.2. The molecule has 1 unspecified atom stereocenters.